The third-order valence-electron chi connectivity index (χ3n) is 3.04. The average molecular weight is 277 g/mol. The Labute approximate surface area is 122 Å². The van der Waals surface area contributed by atoms with Crippen molar-refractivity contribution in [2.45, 2.75) is 6.54 Å². The second-order valence-corrected chi connectivity index (χ2v) is 4.57. The zero-order valence-corrected chi connectivity index (χ0v) is 11.4. The molecule has 0 aliphatic heterocycles. The van der Waals surface area contributed by atoms with Crippen molar-refractivity contribution in [1.82, 2.24) is 15.4 Å². The molecule has 5 heteroatoms. The topological polar surface area (TPSA) is 76.2 Å². The molecule has 3 aromatic rings. The van der Waals surface area contributed by atoms with E-state index in [1.807, 2.05) is 54.6 Å². The molecule has 0 radical (unpaired) electrons. The molecule has 1 heterocycles. The van der Waals surface area contributed by atoms with Crippen molar-refractivity contribution < 1.29 is 0 Å². The van der Waals surface area contributed by atoms with Crippen LogP contribution in [0.1, 0.15) is 11.4 Å². The molecule has 0 spiro atoms. The number of hydrazone groups is 1. The van der Waals surface area contributed by atoms with Crippen LogP contribution in [0.4, 0.5) is 0 Å². The third-order valence-corrected chi connectivity index (χ3v) is 3.04. The molecule has 0 fully saturated rings. The molecule has 1 aromatic heterocycles. The summed E-state index contributed by atoms with van der Waals surface area (Å²) in [7, 11) is 0. The predicted molar refractivity (Wildman–Crippen MR) is 83.5 cm³/mol. The molecule has 104 valence electrons. The molecule has 0 bridgehead atoms. The molecule has 0 saturated carbocycles. The summed E-state index contributed by atoms with van der Waals surface area (Å²) < 4.78 is 0. The van der Waals surface area contributed by atoms with Crippen LogP contribution in [0.25, 0.3) is 10.9 Å². The Hall–Kier alpha value is -2.95. The molecule has 0 atom stereocenters. The number of amidine groups is 1. The SMILES string of the molecule is NC(=NNCc1ccccc1)c1ncc2ccccc2n1. The van der Waals surface area contributed by atoms with Gasteiger partial charge in [-0.2, -0.15) is 5.10 Å². The van der Waals surface area contributed by atoms with E-state index >= 15 is 0 Å². The average Bonchev–Trinajstić information content (AvgIpc) is 2.55. The monoisotopic (exact) mass is 277 g/mol. The van der Waals surface area contributed by atoms with Crippen molar-refractivity contribution in [3.63, 3.8) is 0 Å². The number of para-hydroxylation sites is 1. The van der Waals surface area contributed by atoms with Gasteiger partial charge in [-0.25, -0.2) is 9.97 Å². The molecule has 0 aliphatic carbocycles. The van der Waals surface area contributed by atoms with E-state index in [4.69, 9.17) is 5.73 Å². The predicted octanol–water partition coefficient (Wildman–Crippen LogP) is 2.04. The number of rotatable bonds is 4. The lowest BCUT2D eigenvalue weighted by Gasteiger charge is -2.03. The summed E-state index contributed by atoms with van der Waals surface area (Å²) in [6.45, 7) is 0.606. The summed E-state index contributed by atoms with van der Waals surface area (Å²) in [4.78, 5) is 8.62. The molecule has 0 saturated heterocycles. The third kappa shape index (κ3) is 3.14. The highest BCUT2D eigenvalue weighted by Gasteiger charge is 2.03. The molecule has 0 amide bonds. The van der Waals surface area contributed by atoms with Crippen molar-refractivity contribution >= 4 is 16.7 Å². The number of hydrogen-bond acceptors (Lipinski definition) is 4. The minimum atomic E-state index is 0.275. The first-order valence-electron chi connectivity index (χ1n) is 6.65. The van der Waals surface area contributed by atoms with E-state index in [0.717, 1.165) is 16.5 Å². The van der Waals surface area contributed by atoms with E-state index in [-0.39, 0.29) is 5.84 Å². The van der Waals surface area contributed by atoms with Crippen LogP contribution in [0, 0.1) is 0 Å². The maximum absolute atomic E-state index is 5.91. The zero-order valence-electron chi connectivity index (χ0n) is 11.4. The van der Waals surface area contributed by atoms with Gasteiger partial charge in [0, 0.05) is 11.6 Å². The lowest BCUT2D eigenvalue weighted by molar-refractivity contribution is 0.741. The van der Waals surface area contributed by atoms with Gasteiger partial charge in [-0.1, -0.05) is 48.5 Å². The molecule has 0 unspecified atom stereocenters. The standard InChI is InChI=1S/C16H15N5/c17-15(21-19-10-12-6-2-1-3-7-12)16-18-11-13-8-4-5-9-14(13)20-16/h1-9,11,19H,10H2,(H2,17,21). The molecular weight excluding hydrogens is 262 g/mol. The van der Waals surface area contributed by atoms with Crippen molar-refractivity contribution in [2.75, 3.05) is 0 Å². The van der Waals surface area contributed by atoms with Crippen LogP contribution in [0.15, 0.2) is 65.9 Å². The number of aromatic nitrogens is 2. The lowest BCUT2D eigenvalue weighted by atomic mass is 10.2. The highest BCUT2D eigenvalue weighted by molar-refractivity contribution is 5.95. The normalized spacial score (nSPS) is 11.5. The van der Waals surface area contributed by atoms with Crippen LogP contribution in [0.3, 0.4) is 0 Å². The summed E-state index contributed by atoms with van der Waals surface area (Å²) in [5.74, 6) is 0.700. The minimum absolute atomic E-state index is 0.275. The van der Waals surface area contributed by atoms with Gasteiger partial charge in [0.25, 0.3) is 0 Å². The van der Waals surface area contributed by atoms with E-state index in [1.54, 1.807) is 6.20 Å². The highest BCUT2D eigenvalue weighted by atomic mass is 15.3. The van der Waals surface area contributed by atoms with E-state index in [1.165, 1.54) is 0 Å². The summed E-state index contributed by atoms with van der Waals surface area (Å²) in [5.41, 5.74) is 10.8. The Morgan fingerprint density at radius 2 is 1.81 bits per heavy atom. The first-order valence-corrected chi connectivity index (χ1v) is 6.65. The maximum Gasteiger partial charge on any atom is 0.197 e. The van der Waals surface area contributed by atoms with Gasteiger partial charge in [0.1, 0.15) is 0 Å². The Bertz CT molecular complexity index is 768. The number of hydrogen-bond donors (Lipinski definition) is 2. The molecule has 3 N–H and O–H groups in total. The van der Waals surface area contributed by atoms with Crippen LogP contribution in [0.5, 0.6) is 0 Å². The molecular formula is C16H15N5. The summed E-state index contributed by atoms with van der Waals surface area (Å²) >= 11 is 0. The van der Waals surface area contributed by atoms with Gasteiger partial charge >= 0.3 is 0 Å². The molecule has 2 aromatic carbocycles. The fraction of sp³-hybridized carbons (Fsp3) is 0.0625. The Morgan fingerprint density at radius 3 is 2.67 bits per heavy atom. The van der Waals surface area contributed by atoms with Gasteiger partial charge in [0.05, 0.1) is 12.1 Å². The number of nitrogens with one attached hydrogen (secondary N) is 1. The Kier molecular flexibility index (Phi) is 3.73. The van der Waals surface area contributed by atoms with E-state index in [0.29, 0.717) is 12.4 Å². The van der Waals surface area contributed by atoms with Crippen molar-refractivity contribution in [3.8, 4) is 0 Å². The van der Waals surface area contributed by atoms with Crippen LogP contribution in [-0.2, 0) is 6.54 Å². The van der Waals surface area contributed by atoms with E-state index in [9.17, 15) is 0 Å². The van der Waals surface area contributed by atoms with Crippen LogP contribution in [-0.4, -0.2) is 15.8 Å². The second kappa shape index (κ2) is 6.00. The molecule has 3 rings (SSSR count). The van der Waals surface area contributed by atoms with Gasteiger partial charge < -0.3 is 11.2 Å². The van der Waals surface area contributed by atoms with Gasteiger partial charge in [-0.15, -0.1) is 0 Å². The van der Waals surface area contributed by atoms with Crippen LogP contribution >= 0.6 is 0 Å². The van der Waals surface area contributed by atoms with Crippen molar-refractivity contribution in [3.05, 3.63) is 72.2 Å². The Morgan fingerprint density at radius 1 is 1.05 bits per heavy atom. The first kappa shape index (κ1) is 13.1. The van der Waals surface area contributed by atoms with Gasteiger partial charge in [-0.3, -0.25) is 0 Å². The highest BCUT2D eigenvalue weighted by Crippen LogP contribution is 2.09. The van der Waals surface area contributed by atoms with Crippen LogP contribution < -0.4 is 11.2 Å². The van der Waals surface area contributed by atoms with E-state index < -0.39 is 0 Å². The first-order chi connectivity index (χ1) is 10.3. The largest absolute Gasteiger partial charge is 0.379 e. The van der Waals surface area contributed by atoms with Crippen LogP contribution in [0.2, 0.25) is 0 Å². The number of fused-ring (bicyclic) bond motifs is 1. The summed E-state index contributed by atoms with van der Waals surface area (Å²) in [6, 6.07) is 17.7. The fourth-order valence-electron chi connectivity index (χ4n) is 1.96. The summed E-state index contributed by atoms with van der Waals surface area (Å²) in [6.07, 6.45) is 1.75. The Balaban J connectivity index is 1.73. The number of nitrogens with zero attached hydrogens (tertiary/aromatic N) is 3. The lowest BCUT2D eigenvalue weighted by Crippen LogP contribution is -2.21. The van der Waals surface area contributed by atoms with E-state index in [2.05, 4.69) is 20.5 Å². The quantitative estimate of drug-likeness (QED) is 0.434. The zero-order chi connectivity index (χ0) is 14.5. The van der Waals surface area contributed by atoms with Gasteiger partial charge in [-0.05, 0) is 11.6 Å². The molecule has 0 aliphatic rings. The number of nitrogens with two attached hydrogens (primary N) is 1. The van der Waals surface area contributed by atoms with Gasteiger partial charge in [0.2, 0.25) is 0 Å². The van der Waals surface area contributed by atoms with Crippen molar-refractivity contribution in [2.24, 2.45) is 10.8 Å². The number of benzene rings is 2. The van der Waals surface area contributed by atoms with Crippen molar-refractivity contribution in [1.29, 1.82) is 0 Å². The smallest absolute Gasteiger partial charge is 0.197 e. The summed E-state index contributed by atoms with van der Waals surface area (Å²) in [5, 5.41) is 5.09. The minimum Gasteiger partial charge on any atom is -0.379 e. The second-order valence-electron chi connectivity index (χ2n) is 4.57. The fourth-order valence-corrected chi connectivity index (χ4v) is 1.96. The molecule has 5 nitrogen and oxygen atoms in total. The van der Waals surface area contributed by atoms with Gasteiger partial charge in [0.15, 0.2) is 11.7 Å². The molecule has 21 heavy (non-hydrogen) atoms. The maximum atomic E-state index is 5.91.